The molecule has 0 spiro atoms. The van der Waals surface area contributed by atoms with Gasteiger partial charge in [0.1, 0.15) is 24.9 Å². The summed E-state index contributed by atoms with van der Waals surface area (Å²) in [7, 11) is 2.13. The maximum Gasteiger partial charge on any atom is 0.311 e. The molecule has 4 saturated carbocycles. The van der Waals surface area contributed by atoms with Gasteiger partial charge in [-0.05, 0) is 139 Å². The number of piperidine rings is 1. The van der Waals surface area contributed by atoms with Gasteiger partial charge in [0.2, 0.25) is 0 Å². The predicted molar refractivity (Wildman–Crippen MR) is 244 cm³/mol. The fraction of sp³-hybridized carbons (Fsp3) is 0.981. The smallest absolute Gasteiger partial charge is 0.311 e. The Morgan fingerprint density at radius 3 is 1.47 bits per heavy atom. The second-order valence-corrected chi connectivity index (χ2v) is 21.9. The van der Waals surface area contributed by atoms with Crippen LogP contribution in [0.15, 0.2) is 0 Å². The summed E-state index contributed by atoms with van der Waals surface area (Å²) in [6, 6.07) is 0. The number of hydrogen-bond acceptors (Lipinski definition) is 6. The Kier molecular flexibility index (Phi) is 20.7. The molecule has 2 aliphatic heterocycles. The molecule has 0 radical (unpaired) electrons. The van der Waals surface area contributed by atoms with Crippen molar-refractivity contribution < 1.29 is 23.7 Å². The van der Waals surface area contributed by atoms with Crippen molar-refractivity contribution in [2.24, 2.45) is 52.8 Å². The minimum Gasteiger partial charge on any atom is -0.462 e. The third-order valence-electron chi connectivity index (χ3n) is 16.6. The zero-order valence-corrected chi connectivity index (χ0v) is 39.3. The van der Waals surface area contributed by atoms with Crippen molar-refractivity contribution in [2.45, 2.75) is 232 Å². The van der Waals surface area contributed by atoms with E-state index in [1.165, 1.54) is 141 Å². The van der Waals surface area contributed by atoms with Gasteiger partial charge in [0, 0.05) is 13.2 Å². The number of nitrogens with zero attached hydrogens (tertiary/aromatic N) is 1. The fourth-order valence-electron chi connectivity index (χ4n) is 11.6. The molecule has 11 atom stereocenters. The van der Waals surface area contributed by atoms with Gasteiger partial charge in [-0.1, -0.05) is 142 Å². The molecular weight excluding hydrogens is 731 g/mol. The van der Waals surface area contributed by atoms with Crippen LogP contribution < -0.4 is 0 Å². The SMILES string of the molecule is CCCCCC1CC1CC1CC1CCCCCCCCO[C@@H]1[C@@H](OCCCCCCCCC2CC2CC2CC2CCCCC)CO[C@@H]1COC(=O)C1(C)CCN(C)CC1. The quantitative estimate of drug-likeness (QED) is 0.0469. The molecule has 342 valence electrons. The molecule has 0 aromatic carbocycles. The van der Waals surface area contributed by atoms with Crippen LogP contribution in [0.4, 0.5) is 0 Å². The van der Waals surface area contributed by atoms with Crippen LogP contribution in [0.25, 0.3) is 0 Å². The Bertz CT molecular complexity index is 1150. The lowest BCUT2D eigenvalue weighted by Gasteiger charge is -2.36. The molecule has 0 N–H and O–H groups in total. The van der Waals surface area contributed by atoms with Crippen LogP contribution in [-0.4, -0.2) is 75.7 Å². The largest absolute Gasteiger partial charge is 0.462 e. The number of carbonyl (C=O) groups excluding carboxylic acids is 1. The summed E-state index contributed by atoms with van der Waals surface area (Å²) < 4.78 is 25.2. The lowest BCUT2D eigenvalue weighted by atomic mass is 9.80. The van der Waals surface area contributed by atoms with Crippen LogP contribution in [0, 0.1) is 52.8 Å². The predicted octanol–water partition coefficient (Wildman–Crippen LogP) is 13.4. The normalized spacial score (nSPS) is 33.3. The van der Waals surface area contributed by atoms with E-state index in [2.05, 4.69) is 32.7 Å². The molecule has 4 aliphatic carbocycles. The topological polar surface area (TPSA) is 57.2 Å². The lowest BCUT2D eigenvalue weighted by molar-refractivity contribution is -0.163. The zero-order valence-electron chi connectivity index (χ0n) is 39.3. The molecule has 0 aromatic rings. The highest BCUT2D eigenvalue weighted by atomic mass is 16.6. The minimum absolute atomic E-state index is 0.0783. The summed E-state index contributed by atoms with van der Waals surface area (Å²) in [6.45, 7) is 10.9. The molecule has 2 saturated heterocycles. The second-order valence-electron chi connectivity index (χ2n) is 21.9. The summed E-state index contributed by atoms with van der Waals surface area (Å²) >= 11 is 0. The molecule has 0 bridgehead atoms. The molecule has 59 heavy (non-hydrogen) atoms. The van der Waals surface area contributed by atoms with E-state index in [9.17, 15) is 4.79 Å². The highest BCUT2D eigenvalue weighted by Crippen LogP contribution is 2.55. The summed E-state index contributed by atoms with van der Waals surface area (Å²) in [6.07, 6.45) is 40.6. The summed E-state index contributed by atoms with van der Waals surface area (Å²) in [5.41, 5.74) is -0.403. The molecule has 6 fully saturated rings. The lowest BCUT2D eigenvalue weighted by Crippen LogP contribution is -2.43. The maximum absolute atomic E-state index is 13.2. The van der Waals surface area contributed by atoms with E-state index < -0.39 is 5.41 Å². The van der Waals surface area contributed by atoms with Crippen LogP contribution in [0.2, 0.25) is 0 Å². The van der Waals surface area contributed by atoms with Gasteiger partial charge in [-0.3, -0.25) is 4.79 Å². The molecule has 0 amide bonds. The third kappa shape index (κ3) is 17.1. The van der Waals surface area contributed by atoms with Gasteiger partial charge < -0.3 is 23.8 Å². The molecule has 2 heterocycles. The van der Waals surface area contributed by atoms with Crippen molar-refractivity contribution in [3.63, 3.8) is 0 Å². The first kappa shape index (κ1) is 47.8. The average Bonchev–Trinajstić information content (AvgIpc) is 4.12. The first-order chi connectivity index (χ1) is 28.9. The summed E-state index contributed by atoms with van der Waals surface area (Å²) in [5, 5.41) is 0. The molecular formula is C53H95NO5. The van der Waals surface area contributed by atoms with E-state index in [0.717, 1.165) is 99.3 Å². The van der Waals surface area contributed by atoms with Crippen molar-refractivity contribution in [1.29, 1.82) is 0 Å². The Labute approximate surface area is 364 Å². The van der Waals surface area contributed by atoms with Crippen LogP contribution >= 0.6 is 0 Å². The first-order valence-corrected chi connectivity index (χ1v) is 26.6. The van der Waals surface area contributed by atoms with Crippen LogP contribution in [0.5, 0.6) is 0 Å². The van der Waals surface area contributed by atoms with Gasteiger partial charge in [0.15, 0.2) is 0 Å². The average molecular weight is 826 g/mol. The van der Waals surface area contributed by atoms with Crippen LogP contribution in [0.1, 0.15) is 213 Å². The van der Waals surface area contributed by atoms with Gasteiger partial charge in [0.05, 0.1) is 12.0 Å². The molecule has 8 unspecified atom stereocenters. The number of ether oxygens (including phenoxy) is 4. The molecule has 6 heteroatoms. The number of esters is 1. The Morgan fingerprint density at radius 1 is 0.576 bits per heavy atom. The van der Waals surface area contributed by atoms with Gasteiger partial charge in [-0.25, -0.2) is 0 Å². The van der Waals surface area contributed by atoms with Crippen LogP contribution in [-0.2, 0) is 23.7 Å². The van der Waals surface area contributed by atoms with Crippen molar-refractivity contribution in [3.8, 4) is 0 Å². The van der Waals surface area contributed by atoms with Gasteiger partial charge in [-0.15, -0.1) is 0 Å². The van der Waals surface area contributed by atoms with Crippen molar-refractivity contribution in [1.82, 2.24) is 4.90 Å². The molecule has 0 aromatic heterocycles. The number of unbranched alkanes of at least 4 members (excludes halogenated alkanes) is 14. The van der Waals surface area contributed by atoms with Crippen molar-refractivity contribution in [2.75, 3.05) is 46.6 Å². The number of rotatable bonds is 35. The minimum atomic E-state index is -0.403. The van der Waals surface area contributed by atoms with Crippen molar-refractivity contribution in [3.05, 3.63) is 0 Å². The highest BCUT2D eigenvalue weighted by Gasteiger charge is 2.46. The Balaban J connectivity index is 0.787. The van der Waals surface area contributed by atoms with Crippen molar-refractivity contribution >= 4 is 5.97 Å². The van der Waals surface area contributed by atoms with Gasteiger partial charge >= 0.3 is 5.97 Å². The van der Waals surface area contributed by atoms with E-state index in [1.807, 2.05) is 0 Å². The summed E-state index contributed by atoms with van der Waals surface area (Å²) in [5.74, 6) is 8.59. The Hall–Kier alpha value is -0.690. The third-order valence-corrected chi connectivity index (χ3v) is 16.6. The van der Waals surface area contributed by atoms with E-state index in [4.69, 9.17) is 18.9 Å². The fourth-order valence-corrected chi connectivity index (χ4v) is 11.6. The maximum atomic E-state index is 13.2. The number of carbonyl (C=O) groups is 1. The van der Waals surface area contributed by atoms with Gasteiger partial charge in [0.25, 0.3) is 0 Å². The monoisotopic (exact) mass is 826 g/mol. The van der Waals surface area contributed by atoms with E-state index in [0.29, 0.717) is 6.61 Å². The highest BCUT2D eigenvalue weighted by molar-refractivity contribution is 5.76. The zero-order chi connectivity index (χ0) is 41.3. The molecule has 6 nitrogen and oxygen atoms in total. The second kappa shape index (κ2) is 25.6. The van der Waals surface area contributed by atoms with E-state index >= 15 is 0 Å². The number of hydrogen-bond donors (Lipinski definition) is 0. The first-order valence-electron chi connectivity index (χ1n) is 26.6. The number of likely N-dealkylation sites (tertiary alicyclic amines) is 1. The molecule has 6 rings (SSSR count). The van der Waals surface area contributed by atoms with E-state index in [1.54, 1.807) is 25.7 Å². The van der Waals surface area contributed by atoms with E-state index in [-0.39, 0.29) is 30.9 Å². The summed E-state index contributed by atoms with van der Waals surface area (Å²) in [4.78, 5) is 15.5. The standard InChI is InChI=1S/C53H95NO5/c1-5-7-17-23-41-33-45(41)37-47-35-43(47)25-19-13-9-11-15-21-31-56-49-39-58-50(40-59-52(55)53(3)27-29-54(4)30-28-53)51(49)57-32-22-16-12-10-14-20-26-44-36-48(44)38-46-34-42(46)24-18-8-6-2/h41-51H,5-40H2,1-4H3/t41?,42?,43?,44?,45?,46?,47?,48?,49-,50+,51+/m0/s1. The van der Waals surface area contributed by atoms with Gasteiger partial charge in [-0.2, -0.15) is 0 Å². The Morgan fingerprint density at radius 2 is 1.00 bits per heavy atom. The molecule has 6 aliphatic rings. The van der Waals surface area contributed by atoms with Crippen LogP contribution in [0.3, 0.4) is 0 Å².